The van der Waals surface area contributed by atoms with Crippen LogP contribution in [0.15, 0.2) is 64.5 Å². The first-order chi connectivity index (χ1) is 15.3. The van der Waals surface area contributed by atoms with Crippen LogP contribution in [0, 0.1) is 6.92 Å². The van der Waals surface area contributed by atoms with Gasteiger partial charge < -0.3 is 14.9 Å². The highest BCUT2D eigenvalue weighted by molar-refractivity contribution is 5.94. The smallest absolute Gasteiger partial charge is 0.387 e. The van der Waals surface area contributed by atoms with Gasteiger partial charge in [-0.2, -0.15) is 8.78 Å². The highest BCUT2D eigenvalue weighted by Crippen LogP contribution is 2.19. The van der Waals surface area contributed by atoms with Gasteiger partial charge in [0, 0.05) is 12.6 Å². The third-order valence-corrected chi connectivity index (χ3v) is 4.72. The van der Waals surface area contributed by atoms with Crippen molar-refractivity contribution in [2.75, 3.05) is 5.32 Å². The van der Waals surface area contributed by atoms with Gasteiger partial charge in [0.1, 0.15) is 11.4 Å². The first-order valence-electron chi connectivity index (χ1n) is 9.67. The Balaban J connectivity index is 1.71. The Morgan fingerprint density at radius 2 is 1.78 bits per heavy atom. The van der Waals surface area contributed by atoms with Crippen LogP contribution in [0.3, 0.4) is 0 Å². The summed E-state index contributed by atoms with van der Waals surface area (Å²) in [6.45, 7) is 0.173. The molecule has 0 bridgehead atoms. The summed E-state index contributed by atoms with van der Waals surface area (Å²) < 4.78 is 32.5. The standard InChI is InChI=1S/C22H22F2N4O4/c1-14-19(21(30)28(27(14)3)17-10-5-4-6-11-17)26-20(29)15(2)32-25-13-16-9-7-8-12-18(16)31-22(23)24/h4-13,15,22H,1-3H3,(H,26,29)/b25-13-/t15-/m1/s1. The molecule has 0 spiro atoms. The van der Waals surface area contributed by atoms with E-state index in [0.29, 0.717) is 11.4 Å². The molecule has 10 heteroatoms. The Bertz CT molecular complexity index is 1170. The number of para-hydroxylation sites is 2. The van der Waals surface area contributed by atoms with Gasteiger partial charge in [-0.05, 0) is 38.1 Å². The minimum Gasteiger partial charge on any atom is -0.434 e. The number of hydrogen-bond acceptors (Lipinski definition) is 5. The van der Waals surface area contributed by atoms with Crippen LogP contribution in [0.4, 0.5) is 14.5 Å². The quantitative estimate of drug-likeness (QED) is 0.426. The van der Waals surface area contributed by atoms with E-state index in [1.54, 1.807) is 49.0 Å². The molecule has 2 aromatic carbocycles. The number of benzene rings is 2. The number of halogens is 2. The van der Waals surface area contributed by atoms with E-state index in [4.69, 9.17) is 4.84 Å². The number of hydrogen-bond donors (Lipinski definition) is 1. The number of alkyl halides is 2. The maximum Gasteiger partial charge on any atom is 0.387 e. The van der Waals surface area contributed by atoms with Crippen LogP contribution in [-0.4, -0.2) is 34.2 Å². The van der Waals surface area contributed by atoms with Gasteiger partial charge in [-0.15, -0.1) is 0 Å². The number of aromatic nitrogens is 2. The summed E-state index contributed by atoms with van der Waals surface area (Å²) in [4.78, 5) is 30.6. The summed E-state index contributed by atoms with van der Waals surface area (Å²) in [7, 11) is 1.71. The largest absolute Gasteiger partial charge is 0.434 e. The Labute approximate surface area is 182 Å². The van der Waals surface area contributed by atoms with Gasteiger partial charge in [-0.25, -0.2) is 4.68 Å². The van der Waals surface area contributed by atoms with Crippen molar-refractivity contribution >= 4 is 17.8 Å². The van der Waals surface area contributed by atoms with Gasteiger partial charge in [-0.3, -0.25) is 14.3 Å². The maximum atomic E-state index is 12.9. The molecular formula is C22H22F2N4O4. The van der Waals surface area contributed by atoms with Crippen molar-refractivity contribution in [3.05, 3.63) is 76.2 Å². The Kier molecular flexibility index (Phi) is 7.04. The van der Waals surface area contributed by atoms with Gasteiger partial charge in [-0.1, -0.05) is 35.5 Å². The van der Waals surface area contributed by atoms with E-state index in [1.165, 1.54) is 29.8 Å². The zero-order valence-electron chi connectivity index (χ0n) is 17.7. The van der Waals surface area contributed by atoms with Crippen molar-refractivity contribution in [3.63, 3.8) is 0 Å². The van der Waals surface area contributed by atoms with Crippen molar-refractivity contribution in [3.8, 4) is 11.4 Å². The summed E-state index contributed by atoms with van der Waals surface area (Å²) in [5, 5.41) is 6.27. The zero-order chi connectivity index (χ0) is 23.3. The molecule has 3 aromatic rings. The number of nitrogens with one attached hydrogen (secondary N) is 1. The second-order valence-electron chi connectivity index (χ2n) is 6.82. The highest BCUT2D eigenvalue weighted by atomic mass is 19.3. The molecule has 8 nitrogen and oxygen atoms in total. The van der Waals surface area contributed by atoms with Gasteiger partial charge in [0.05, 0.1) is 17.6 Å². The topological polar surface area (TPSA) is 86.9 Å². The van der Waals surface area contributed by atoms with Crippen LogP contribution in [0.5, 0.6) is 5.75 Å². The molecular weight excluding hydrogens is 422 g/mol. The van der Waals surface area contributed by atoms with Crippen LogP contribution in [-0.2, 0) is 16.7 Å². The molecule has 3 rings (SSSR count). The monoisotopic (exact) mass is 444 g/mol. The molecule has 0 aliphatic carbocycles. The van der Waals surface area contributed by atoms with E-state index < -0.39 is 24.2 Å². The average Bonchev–Trinajstić information content (AvgIpc) is 2.98. The molecule has 1 atom stereocenters. The van der Waals surface area contributed by atoms with Crippen LogP contribution < -0.4 is 15.6 Å². The van der Waals surface area contributed by atoms with E-state index in [-0.39, 0.29) is 17.0 Å². The molecule has 1 amide bonds. The average molecular weight is 444 g/mol. The van der Waals surface area contributed by atoms with E-state index >= 15 is 0 Å². The number of anilines is 1. The molecule has 168 valence electrons. The lowest BCUT2D eigenvalue weighted by Crippen LogP contribution is -2.29. The minimum absolute atomic E-state index is 0.0756. The summed E-state index contributed by atoms with van der Waals surface area (Å²) in [5.41, 5.74) is 1.20. The molecule has 1 aromatic heterocycles. The summed E-state index contributed by atoms with van der Waals surface area (Å²) in [6.07, 6.45) is 0.107. The van der Waals surface area contributed by atoms with Crippen molar-refractivity contribution in [2.45, 2.75) is 26.6 Å². The predicted molar refractivity (Wildman–Crippen MR) is 116 cm³/mol. The van der Waals surface area contributed by atoms with Crippen LogP contribution in [0.25, 0.3) is 5.69 Å². The lowest BCUT2D eigenvalue weighted by atomic mass is 10.2. The number of carbonyl (C=O) groups is 1. The van der Waals surface area contributed by atoms with E-state index in [2.05, 4.69) is 15.2 Å². The molecule has 0 saturated carbocycles. The van der Waals surface area contributed by atoms with Crippen molar-refractivity contribution in [1.82, 2.24) is 9.36 Å². The molecule has 1 heterocycles. The summed E-state index contributed by atoms with van der Waals surface area (Å²) in [6, 6.07) is 15.0. The molecule has 0 unspecified atom stereocenters. The maximum absolute atomic E-state index is 12.9. The predicted octanol–water partition coefficient (Wildman–Crippen LogP) is 3.46. The SMILES string of the molecule is Cc1c(NC(=O)[C@@H](C)O/N=C\c2ccccc2OC(F)F)c(=O)n(-c2ccccc2)n1C. The van der Waals surface area contributed by atoms with E-state index in [0.717, 1.165) is 6.21 Å². The number of oxime groups is 1. The molecule has 0 radical (unpaired) electrons. The molecule has 0 aliphatic heterocycles. The third kappa shape index (κ3) is 5.02. The van der Waals surface area contributed by atoms with Crippen molar-refractivity contribution in [2.24, 2.45) is 12.2 Å². The summed E-state index contributed by atoms with van der Waals surface area (Å²) in [5.74, 6) is -0.668. The van der Waals surface area contributed by atoms with Gasteiger partial charge >= 0.3 is 6.61 Å². The molecule has 32 heavy (non-hydrogen) atoms. The second-order valence-corrected chi connectivity index (χ2v) is 6.82. The number of rotatable bonds is 8. The minimum atomic E-state index is -2.98. The fourth-order valence-corrected chi connectivity index (χ4v) is 2.95. The zero-order valence-corrected chi connectivity index (χ0v) is 17.7. The van der Waals surface area contributed by atoms with Crippen molar-refractivity contribution < 1.29 is 23.1 Å². The Morgan fingerprint density at radius 1 is 1.12 bits per heavy atom. The fraction of sp³-hybridized carbons (Fsp3) is 0.227. The Morgan fingerprint density at radius 3 is 2.47 bits per heavy atom. The van der Waals surface area contributed by atoms with Crippen molar-refractivity contribution in [1.29, 1.82) is 0 Å². The fourth-order valence-electron chi connectivity index (χ4n) is 2.95. The molecule has 0 saturated heterocycles. The first kappa shape index (κ1) is 22.7. The first-order valence-corrected chi connectivity index (χ1v) is 9.67. The number of carbonyl (C=O) groups excluding carboxylic acids is 1. The normalized spacial score (nSPS) is 12.2. The second kappa shape index (κ2) is 9.90. The summed E-state index contributed by atoms with van der Waals surface area (Å²) >= 11 is 0. The van der Waals surface area contributed by atoms with Gasteiger partial charge in [0.2, 0.25) is 6.10 Å². The number of nitrogens with zero attached hydrogens (tertiary/aromatic N) is 3. The van der Waals surface area contributed by atoms with Crippen LogP contribution in [0.2, 0.25) is 0 Å². The lowest BCUT2D eigenvalue weighted by molar-refractivity contribution is -0.126. The van der Waals surface area contributed by atoms with Gasteiger partial charge in [0.25, 0.3) is 11.5 Å². The van der Waals surface area contributed by atoms with E-state index in [9.17, 15) is 18.4 Å². The molecule has 1 N–H and O–H groups in total. The number of amides is 1. The lowest BCUT2D eigenvalue weighted by Gasteiger charge is -2.10. The third-order valence-electron chi connectivity index (χ3n) is 4.72. The molecule has 0 fully saturated rings. The number of ether oxygens (including phenoxy) is 1. The van der Waals surface area contributed by atoms with Gasteiger partial charge in [0.15, 0.2) is 0 Å². The van der Waals surface area contributed by atoms with Crippen LogP contribution in [0.1, 0.15) is 18.2 Å². The van der Waals surface area contributed by atoms with Crippen LogP contribution >= 0.6 is 0 Å². The molecule has 0 aliphatic rings. The highest BCUT2D eigenvalue weighted by Gasteiger charge is 2.21. The Hall–Kier alpha value is -3.95. The van der Waals surface area contributed by atoms with E-state index in [1.807, 2.05) is 6.07 Å².